The number of nitrogens with two attached hydrogens (primary N) is 1. The van der Waals surface area contributed by atoms with Gasteiger partial charge in [-0.05, 0) is 6.92 Å². The Labute approximate surface area is 92.8 Å². The molecule has 0 aromatic rings. The van der Waals surface area contributed by atoms with Crippen LogP contribution in [0, 0.1) is 0 Å². The molecule has 0 heterocycles. The van der Waals surface area contributed by atoms with Gasteiger partial charge in [0.05, 0.1) is 6.61 Å². The Morgan fingerprint density at radius 2 is 1.81 bits per heavy atom. The summed E-state index contributed by atoms with van der Waals surface area (Å²) in [5, 5.41) is 34.1. The molecule has 1 amide bonds. The van der Waals surface area contributed by atoms with Gasteiger partial charge in [0.25, 0.3) is 0 Å². The molecule has 0 radical (unpaired) electrons. The summed E-state index contributed by atoms with van der Waals surface area (Å²) in [4.78, 5) is 19.6. The second-order valence-electron chi connectivity index (χ2n) is 3.01. The zero-order valence-corrected chi connectivity index (χ0v) is 8.91. The van der Waals surface area contributed by atoms with Gasteiger partial charge < -0.3 is 31.0 Å². The highest BCUT2D eigenvalue weighted by atomic mass is 16.4. The smallest absolute Gasteiger partial charge is 0.243 e. The lowest BCUT2D eigenvalue weighted by Crippen LogP contribution is -2.40. The van der Waals surface area contributed by atoms with Crippen LogP contribution in [0.4, 0.5) is 0 Å². The minimum atomic E-state index is -1.64. The van der Waals surface area contributed by atoms with E-state index in [0.29, 0.717) is 5.57 Å². The predicted octanol–water partition coefficient (Wildman–Crippen LogP) is -2.69. The van der Waals surface area contributed by atoms with Crippen LogP contribution < -0.4 is 5.73 Å². The second kappa shape index (κ2) is 8.98. The molecule has 16 heavy (non-hydrogen) atoms. The van der Waals surface area contributed by atoms with Gasteiger partial charge in [-0.3, -0.25) is 4.79 Å². The topological polar surface area (TPSA) is 141 Å². The summed E-state index contributed by atoms with van der Waals surface area (Å²) in [6, 6.07) is 0. The van der Waals surface area contributed by atoms with E-state index in [1.54, 1.807) is 6.92 Å². The van der Waals surface area contributed by atoms with Crippen molar-refractivity contribution >= 4 is 12.2 Å². The van der Waals surface area contributed by atoms with E-state index in [1.807, 2.05) is 0 Å². The third kappa shape index (κ3) is 8.06. The molecule has 0 aromatic heterocycles. The summed E-state index contributed by atoms with van der Waals surface area (Å²) in [6.07, 6.45) is -4.63. The van der Waals surface area contributed by atoms with Gasteiger partial charge in [-0.1, -0.05) is 6.58 Å². The van der Waals surface area contributed by atoms with Crippen LogP contribution in [0.2, 0.25) is 0 Å². The Morgan fingerprint density at radius 1 is 1.44 bits per heavy atom. The Balaban J connectivity index is 0. The lowest BCUT2D eigenvalue weighted by molar-refractivity contribution is -0.127. The van der Waals surface area contributed by atoms with E-state index in [4.69, 9.17) is 26.2 Å². The van der Waals surface area contributed by atoms with Crippen molar-refractivity contribution in [3.8, 4) is 0 Å². The summed E-state index contributed by atoms with van der Waals surface area (Å²) < 4.78 is 0. The number of amides is 1. The fraction of sp³-hybridized carbons (Fsp3) is 0.556. The van der Waals surface area contributed by atoms with Crippen molar-refractivity contribution in [1.29, 1.82) is 0 Å². The molecule has 3 atom stereocenters. The molecular weight excluding hydrogens is 218 g/mol. The molecule has 0 aromatic carbocycles. The van der Waals surface area contributed by atoms with Crippen LogP contribution in [0.1, 0.15) is 6.92 Å². The molecule has 0 aliphatic heterocycles. The minimum absolute atomic E-state index is 0.0869. The first-order valence-corrected chi connectivity index (χ1v) is 4.33. The van der Waals surface area contributed by atoms with Gasteiger partial charge in [0, 0.05) is 5.57 Å². The molecule has 0 spiro atoms. The van der Waals surface area contributed by atoms with E-state index in [0.717, 1.165) is 0 Å². The van der Waals surface area contributed by atoms with Crippen molar-refractivity contribution in [3.05, 3.63) is 12.2 Å². The van der Waals surface area contributed by atoms with Gasteiger partial charge in [0.15, 0.2) is 6.29 Å². The highest BCUT2D eigenvalue weighted by molar-refractivity contribution is 5.90. The number of primary amides is 1. The minimum Gasteiger partial charge on any atom is -0.394 e. The first-order valence-electron chi connectivity index (χ1n) is 4.33. The molecule has 0 saturated heterocycles. The summed E-state index contributed by atoms with van der Waals surface area (Å²) in [6.45, 7) is 4.16. The van der Waals surface area contributed by atoms with Gasteiger partial charge in [0.2, 0.25) is 5.91 Å². The Morgan fingerprint density at radius 3 is 2.00 bits per heavy atom. The van der Waals surface area contributed by atoms with Crippen LogP contribution in [0.25, 0.3) is 0 Å². The van der Waals surface area contributed by atoms with Crippen molar-refractivity contribution in [1.82, 2.24) is 0 Å². The summed E-state index contributed by atoms with van der Waals surface area (Å²) >= 11 is 0. The highest BCUT2D eigenvalue weighted by Crippen LogP contribution is 1.96. The number of aldehydes is 1. The zero-order chi connectivity index (χ0) is 13.3. The lowest BCUT2D eigenvalue weighted by Gasteiger charge is -2.16. The predicted molar refractivity (Wildman–Crippen MR) is 55.2 cm³/mol. The second-order valence-corrected chi connectivity index (χ2v) is 3.01. The van der Waals surface area contributed by atoms with Crippen molar-refractivity contribution in [2.24, 2.45) is 5.73 Å². The maximum Gasteiger partial charge on any atom is 0.243 e. The van der Waals surface area contributed by atoms with Crippen LogP contribution in [0.15, 0.2) is 12.2 Å². The molecular formula is C9H17NO6. The van der Waals surface area contributed by atoms with E-state index in [1.165, 1.54) is 0 Å². The third-order valence-corrected chi connectivity index (χ3v) is 1.49. The Hall–Kier alpha value is -1.28. The first kappa shape index (κ1) is 17.1. The molecule has 0 bridgehead atoms. The fourth-order valence-electron chi connectivity index (χ4n) is 0.416. The number of hydrogen-bond donors (Lipinski definition) is 5. The monoisotopic (exact) mass is 235 g/mol. The average Bonchev–Trinajstić information content (AvgIpc) is 2.26. The van der Waals surface area contributed by atoms with Gasteiger partial charge >= 0.3 is 0 Å². The Bertz CT molecular complexity index is 230. The maximum atomic E-state index is 9.82. The highest BCUT2D eigenvalue weighted by Gasteiger charge is 2.22. The number of carbonyl (C=O) groups is 2. The molecule has 0 fully saturated rings. The third-order valence-electron chi connectivity index (χ3n) is 1.49. The average molecular weight is 235 g/mol. The maximum absolute atomic E-state index is 9.82. The van der Waals surface area contributed by atoms with Crippen LogP contribution in [-0.4, -0.2) is 57.5 Å². The molecule has 0 aliphatic rings. The number of carbonyl (C=O) groups excluding carboxylic acids is 2. The van der Waals surface area contributed by atoms with Crippen LogP contribution in [0.5, 0.6) is 0 Å². The van der Waals surface area contributed by atoms with Crippen LogP contribution in [0.3, 0.4) is 0 Å². The molecule has 6 N–H and O–H groups in total. The molecule has 7 nitrogen and oxygen atoms in total. The van der Waals surface area contributed by atoms with E-state index in [2.05, 4.69) is 6.58 Å². The van der Waals surface area contributed by atoms with Crippen molar-refractivity contribution in [2.45, 2.75) is 25.2 Å². The molecule has 94 valence electrons. The first-order chi connectivity index (χ1) is 7.27. The summed E-state index contributed by atoms with van der Waals surface area (Å²) in [5.74, 6) is -0.435. The number of aliphatic hydroxyl groups is 4. The largest absolute Gasteiger partial charge is 0.394 e. The number of rotatable bonds is 5. The molecule has 0 aliphatic carbocycles. The van der Waals surface area contributed by atoms with Crippen LogP contribution >= 0.6 is 0 Å². The molecule has 0 saturated carbocycles. The van der Waals surface area contributed by atoms with Crippen molar-refractivity contribution in [2.75, 3.05) is 6.61 Å². The molecule has 0 rings (SSSR count). The van der Waals surface area contributed by atoms with Crippen LogP contribution in [-0.2, 0) is 9.59 Å². The van der Waals surface area contributed by atoms with E-state index < -0.39 is 30.8 Å². The molecule has 0 unspecified atom stereocenters. The number of aliphatic hydroxyl groups excluding tert-OH is 4. The van der Waals surface area contributed by atoms with E-state index >= 15 is 0 Å². The normalized spacial score (nSPS) is 15.1. The quantitative estimate of drug-likeness (QED) is 0.259. The van der Waals surface area contributed by atoms with E-state index in [9.17, 15) is 9.59 Å². The fourth-order valence-corrected chi connectivity index (χ4v) is 0.416. The van der Waals surface area contributed by atoms with E-state index in [-0.39, 0.29) is 6.29 Å². The van der Waals surface area contributed by atoms with Gasteiger partial charge in [-0.25, -0.2) is 0 Å². The SMILES string of the molecule is C=C(C)C(N)=O.O=C[C@H](O)[C@H](O)[C@H](O)CO. The standard InChI is InChI=1S/C5H10O5.C4H7NO/c6-1-3(8)5(10)4(9)2-7;1-3(2)4(5)6/h1,3-5,7-10H,2H2;1H2,2H3,(H2,5,6)/t3-,4+,5-;/m0./s1. The summed E-state index contributed by atoms with van der Waals surface area (Å²) in [5.41, 5.74) is 5.09. The zero-order valence-electron chi connectivity index (χ0n) is 8.91. The van der Waals surface area contributed by atoms with Gasteiger partial charge in [-0.15, -0.1) is 0 Å². The van der Waals surface area contributed by atoms with Crippen molar-refractivity contribution in [3.63, 3.8) is 0 Å². The number of hydrogen-bond acceptors (Lipinski definition) is 6. The molecule has 7 heteroatoms. The van der Waals surface area contributed by atoms with Gasteiger partial charge in [0.1, 0.15) is 18.3 Å². The lowest BCUT2D eigenvalue weighted by atomic mass is 10.1. The summed E-state index contributed by atoms with van der Waals surface area (Å²) in [7, 11) is 0. The van der Waals surface area contributed by atoms with Gasteiger partial charge in [-0.2, -0.15) is 0 Å². The Kier molecular flexibility index (Phi) is 9.61. The van der Waals surface area contributed by atoms with Crippen molar-refractivity contribution < 1.29 is 30.0 Å².